The average molecular weight is 299 g/mol. The van der Waals surface area contributed by atoms with E-state index >= 15 is 0 Å². The zero-order chi connectivity index (χ0) is 15.5. The van der Waals surface area contributed by atoms with Crippen molar-refractivity contribution in [3.05, 3.63) is 42.5 Å². The Labute approximate surface area is 120 Å². The highest BCUT2D eigenvalue weighted by molar-refractivity contribution is 5.87. The van der Waals surface area contributed by atoms with Gasteiger partial charge in [0.1, 0.15) is 11.9 Å². The molecule has 0 aromatic heterocycles. The highest BCUT2D eigenvalue weighted by Gasteiger charge is 2.31. The maximum absolute atomic E-state index is 12.6. The summed E-state index contributed by atoms with van der Waals surface area (Å²) < 4.78 is 43.4. The molecule has 0 aliphatic heterocycles. The highest BCUT2D eigenvalue weighted by atomic mass is 19.4. The number of hydrogen-bond acceptors (Lipinski definition) is 2. The monoisotopic (exact) mass is 299 g/mol. The number of ether oxygens (including phenoxy) is 1. The van der Waals surface area contributed by atoms with Crippen molar-refractivity contribution < 1.29 is 22.7 Å². The summed E-state index contributed by atoms with van der Waals surface area (Å²) >= 11 is 0. The summed E-state index contributed by atoms with van der Waals surface area (Å²) in [6, 6.07) is 4.81. The fraction of sp³-hybridized carbons (Fsp3) is 0.400. The quantitative estimate of drug-likeness (QED) is 0.866. The number of hydrogen-bond donors (Lipinski definition) is 1. The lowest BCUT2D eigenvalue weighted by Crippen LogP contribution is -2.32. The minimum Gasteiger partial charge on any atom is -0.490 e. The van der Waals surface area contributed by atoms with Gasteiger partial charge in [0.15, 0.2) is 0 Å². The lowest BCUT2D eigenvalue weighted by atomic mass is 10.2. The fourth-order valence-corrected chi connectivity index (χ4v) is 2.38. The molecule has 2 rings (SSSR count). The first-order chi connectivity index (χ1) is 9.88. The van der Waals surface area contributed by atoms with E-state index in [0.29, 0.717) is 12.8 Å². The molecule has 21 heavy (non-hydrogen) atoms. The normalized spacial score (nSPS) is 21.9. The molecule has 1 saturated carbocycles. The van der Waals surface area contributed by atoms with Crippen LogP contribution in [0.25, 0.3) is 0 Å². The smallest absolute Gasteiger partial charge is 0.416 e. The van der Waals surface area contributed by atoms with E-state index in [-0.39, 0.29) is 23.8 Å². The minimum absolute atomic E-state index is 0.0219. The number of alkyl halides is 3. The number of rotatable bonds is 4. The van der Waals surface area contributed by atoms with Crippen LogP contribution in [0.15, 0.2) is 36.9 Å². The predicted octanol–water partition coefficient (Wildman–Crippen LogP) is 3.31. The molecule has 3 nitrogen and oxygen atoms in total. The molecule has 1 aromatic rings. The third-order valence-electron chi connectivity index (χ3n) is 3.38. The van der Waals surface area contributed by atoms with Crippen LogP contribution in [0.2, 0.25) is 0 Å². The van der Waals surface area contributed by atoms with Gasteiger partial charge < -0.3 is 10.1 Å². The van der Waals surface area contributed by atoms with E-state index in [0.717, 1.165) is 18.6 Å². The molecule has 0 radical (unpaired) electrons. The van der Waals surface area contributed by atoms with Crippen LogP contribution in [0.5, 0.6) is 5.75 Å². The molecule has 0 spiro atoms. The Balaban J connectivity index is 1.94. The molecule has 0 heterocycles. The van der Waals surface area contributed by atoms with E-state index in [2.05, 4.69) is 11.9 Å². The van der Waals surface area contributed by atoms with E-state index in [1.165, 1.54) is 18.2 Å². The van der Waals surface area contributed by atoms with E-state index in [1.807, 2.05) is 0 Å². The molecule has 114 valence electrons. The molecular formula is C15H16F3NO2. The highest BCUT2D eigenvalue weighted by Crippen LogP contribution is 2.32. The molecule has 1 amide bonds. The van der Waals surface area contributed by atoms with Gasteiger partial charge >= 0.3 is 6.18 Å². The van der Waals surface area contributed by atoms with Gasteiger partial charge in [0, 0.05) is 12.5 Å². The largest absolute Gasteiger partial charge is 0.490 e. The van der Waals surface area contributed by atoms with E-state index in [4.69, 9.17) is 4.74 Å². The Morgan fingerprint density at radius 2 is 2.14 bits per heavy atom. The van der Waals surface area contributed by atoms with Crippen molar-refractivity contribution in [2.75, 3.05) is 0 Å². The molecule has 0 bridgehead atoms. The summed E-state index contributed by atoms with van der Waals surface area (Å²) in [4.78, 5) is 11.2. The molecule has 1 aliphatic rings. The Morgan fingerprint density at radius 3 is 2.81 bits per heavy atom. The Hall–Kier alpha value is -1.98. The Kier molecular flexibility index (Phi) is 4.55. The third-order valence-corrected chi connectivity index (χ3v) is 3.38. The van der Waals surface area contributed by atoms with Crippen molar-refractivity contribution in [2.45, 2.75) is 37.6 Å². The van der Waals surface area contributed by atoms with E-state index < -0.39 is 11.7 Å². The number of halogens is 3. The van der Waals surface area contributed by atoms with Gasteiger partial charge in [-0.3, -0.25) is 4.79 Å². The molecule has 1 N–H and O–H groups in total. The van der Waals surface area contributed by atoms with Gasteiger partial charge in [-0.1, -0.05) is 12.6 Å². The van der Waals surface area contributed by atoms with Gasteiger partial charge in [-0.25, -0.2) is 0 Å². The third kappa shape index (κ3) is 4.24. The van der Waals surface area contributed by atoms with Crippen LogP contribution >= 0.6 is 0 Å². The lowest BCUT2D eigenvalue weighted by Gasteiger charge is -2.16. The molecule has 6 heteroatoms. The number of nitrogens with one attached hydrogen (secondary N) is 1. The van der Waals surface area contributed by atoms with Crippen molar-refractivity contribution in [1.82, 2.24) is 5.32 Å². The maximum atomic E-state index is 12.6. The Bertz CT molecular complexity index is 528. The number of benzene rings is 1. The van der Waals surface area contributed by atoms with Crippen LogP contribution in [0.3, 0.4) is 0 Å². The van der Waals surface area contributed by atoms with Crippen LogP contribution in [-0.4, -0.2) is 18.1 Å². The number of carbonyl (C=O) groups is 1. The number of amides is 1. The lowest BCUT2D eigenvalue weighted by molar-refractivity contribution is -0.137. The second-order valence-electron chi connectivity index (χ2n) is 4.99. The van der Waals surface area contributed by atoms with Gasteiger partial charge in [-0.05, 0) is 37.1 Å². The summed E-state index contributed by atoms with van der Waals surface area (Å²) in [6.07, 6.45) is -1.36. The van der Waals surface area contributed by atoms with Gasteiger partial charge in [-0.15, -0.1) is 0 Å². The van der Waals surface area contributed by atoms with Crippen molar-refractivity contribution in [1.29, 1.82) is 0 Å². The topological polar surface area (TPSA) is 38.3 Å². The van der Waals surface area contributed by atoms with Crippen LogP contribution in [0.4, 0.5) is 13.2 Å². The standard InChI is InChI=1S/C15H16F3NO2/c1-2-14(20)19-11-6-7-13(9-11)21-12-5-3-4-10(8-12)15(16,17)18/h2-5,8,11,13H,1,6-7,9H2,(H,19,20)/t11-,13-/m1/s1. The summed E-state index contributed by atoms with van der Waals surface area (Å²) in [5, 5.41) is 2.76. The Morgan fingerprint density at radius 1 is 1.38 bits per heavy atom. The summed E-state index contributed by atoms with van der Waals surface area (Å²) in [5.41, 5.74) is -0.727. The van der Waals surface area contributed by atoms with Gasteiger partial charge in [0.2, 0.25) is 5.91 Å². The van der Waals surface area contributed by atoms with Crippen molar-refractivity contribution in [3.8, 4) is 5.75 Å². The molecular weight excluding hydrogens is 283 g/mol. The molecule has 0 unspecified atom stereocenters. The summed E-state index contributed by atoms with van der Waals surface area (Å²) in [6.45, 7) is 3.37. The van der Waals surface area contributed by atoms with Crippen molar-refractivity contribution in [3.63, 3.8) is 0 Å². The predicted molar refractivity (Wildman–Crippen MR) is 71.8 cm³/mol. The molecule has 0 saturated heterocycles. The zero-order valence-electron chi connectivity index (χ0n) is 11.3. The minimum atomic E-state index is -4.38. The molecule has 1 fully saturated rings. The van der Waals surface area contributed by atoms with Crippen LogP contribution in [0, 0.1) is 0 Å². The maximum Gasteiger partial charge on any atom is 0.416 e. The van der Waals surface area contributed by atoms with Crippen molar-refractivity contribution >= 4 is 5.91 Å². The van der Waals surface area contributed by atoms with Crippen LogP contribution < -0.4 is 10.1 Å². The summed E-state index contributed by atoms with van der Waals surface area (Å²) in [7, 11) is 0. The fourth-order valence-electron chi connectivity index (χ4n) is 2.38. The van der Waals surface area contributed by atoms with E-state index in [9.17, 15) is 18.0 Å². The first-order valence-corrected chi connectivity index (χ1v) is 6.65. The van der Waals surface area contributed by atoms with Crippen LogP contribution in [-0.2, 0) is 11.0 Å². The first-order valence-electron chi connectivity index (χ1n) is 6.65. The van der Waals surface area contributed by atoms with Crippen molar-refractivity contribution in [2.24, 2.45) is 0 Å². The second kappa shape index (κ2) is 6.20. The number of carbonyl (C=O) groups excluding carboxylic acids is 1. The zero-order valence-corrected chi connectivity index (χ0v) is 11.3. The second-order valence-corrected chi connectivity index (χ2v) is 4.99. The van der Waals surface area contributed by atoms with Gasteiger partial charge in [0.25, 0.3) is 0 Å². The first kappa shape index (κ1) is 15.4. The SMILES string of the molecule is C=CC(=O)N[C@@H]1CC[C@@H](Oc2cccc(C(F)(F)F)c2)C1. The van der Waals surface area contributed by atoms with Gasteiger partial charge in [-0.2, -0.15) is 13.2 Å². The average Bonchev–Trinajstić information content (AvgIpc) is 2.85. The molecule has 1 aliphatic carbocycles. The van der Waals surface area contributed by atoms with E-state index in [1.54, 1.807) is 0 Å². The summed E-state index contributed by atoms with van der Waals surface area (Å²) in [5.74, 6) is -0.0507. The molecule has 2 atom stereocenters. The molecule has 1 aromatic carbocycles. The van der Waals surface area contributed by atoms with Gasteiger partial charge in [0.05, 0.1) is 5.56 Å². The van der Waals surface area contributed by atoms with Crippen LogP contribution in [0.1, 0.15) is 24.8 Å².